The Balaban J connectivity index is 1.65. The number of halogens is 3. The number of aromatic carboxylic acids is 1. The van der Waals surface area contributed by atoms with E-state index < -0.39 is 35.5 Å². The van der Waals surface area contributed by atoms with Gasteiger partial charge in [0.15, 0.2) is 0 Å². The molecular weight excluding hydrogens is 539 g/mol. The van der Waals surface area contributed by atoms with Crippen LogP contribution in [0.3, 0.4) is 0 Å². The van der Waals surface area contributed by atoms with Crippen molar-refractivity contribution in [3.05, 3.63) is 101 Å². The smallest absolute Gasteiger partial charge is 0.421 e. The van der Waals surface area contributed by atoms with Crippen molar-refractivity contribution < 1.29 is 32.6 Å². The van der Waals surface area contributed by atoms with E-state index in [2.05, 4.69) is 20.3 Å². The van der Waals surface area contributed by atoms with Gasteiger partial charge in [-0.3, -0.25) is 4.79 Å². The summed E-state index contributed by atoms with van der Waals surface area (Å²) in [5.41, 5.74) is 0.0963. The van der Waals surface area contributed by atoms with Crippen molar-refractivity contribution in [2.45, 2.75) is 39.5 Å². The molecule has 212 valence electrons. The topological polar surface area (TPSA) is 118 Å². The Morgan fingerprint density at radius 2 is 1.71 bits per heavy atom. The van der Waals surface area contributed by atoms with Crippen LogP contribution in [0.5, 0.6) is 11.6 Å². The molecule has 0 bridgehead atoms. The van der Waals surface area contributed by atoms with Gasteiger partial charge in [0.05, 0.1) is 11.3 Å². The Hall–Kier alpha value is -5.00. The highest BCUT2D eigenvalue weighted by Crippen LogP contribution is 2.38. The lowest BCUT2D eigenvalue weighted by atomic mass is 10.1. The number of rotatable bonds is 9. The molecule has 2 heterocycles. The first-order valence-electron chi connectivity index (χ1n) is 12.5. The van der Waals surface area contributed by atoms with Crippen LogP contribution in [0.15, 0.2) is 73.2 Å². The summed E-state index contributed by atoms with van der Waals surface area (Å²) in [6, 6.07) is 12.6. The van der Waals surface area contributed by atoms with Gasteiger partial charge in [0.1, 0.15) is 11.3 Å². The van der Waals surface area contributed by atoms with E-state index >= 15 is 0 Å². The van der Waals surface area contributed by atoms with E-state index in [1.54, 1.807) is 44.2 Å². The van der Waals surface area contributed by atoms with Crippen molar-refractivity contribution in [2.24, 2.45) is 0 Å². The Labute approximate surface area is 233 Å². The maximum atomic E-state index is 13.9. The normalized spacial score (nSPS) is 11.3. The molecule has 0 aliphatic carbocycles. The predicted octanol–water partition coefficient (Wildman–Crippen LogP) is 6.36. The maximum absolute atomic E-state index is 13.9. The summed E-state index contributed by atoms with van der Waals surface area (Å²) in [5, 5.41) is 12.8. The van der Waals surface area contributed by atoms with Gasteiger partial charge in [-0.1, -0.05) is 17.7 Å². The molecule has 41 heavy (non-hydrogen) atoms. The summed E-state index contributed by atoms with van der Waals surface area (Å²) in [6.07, 6.45) is -0.637. The molecule has 4 rings (SSSR count). The van der Waals surface area contributed by atoms with Crippen molar-refractivity contribution in [2.75, 3.05) is 10.2 Å². The summed E-state index contributed by atoms with van der Waals surface area (Å²) in [7, 11) is 0. The fraction of sp³-hybridized carbons (Fsp3) is 0.207. The van der Waals surface area contributed by atoms with E-state index in [0.717, 1.165) is 17.7 Å². The van der Waals surface area contributed by atoms with Crippen molar-refractivity contribution in [3.8, 4) is 11.6 Å². The lowest BCUT2D eigenvalue weighted by Crippen LogP contribution is -2.38. The number of pyridine rings is 1. The van der Waals surface area contributed by atoms with Gasteiger partial charge in [-0.15, -0.1) is 0 Å². The quantitative estimate of drug-likeness (QED) is 0.241. The van der Waals surface area contributed by atoms with E-state index in [0.29, 0.717) is 5.56 Å². The number of aryl methyl sites for hydroxylation is 1. The van der Waals surface area contributed by atoms with Crippen molar-refractivity contribution in [1.29, 1.82) is 0 Å². The zero-order valence-electron chi connectivity index (χ0n) is 22.3. The molecule has 0 radical (unpaired) electrons. The van der Waals surface area contributed by atoms with E-state index in [1.807, 2.05) is 6.92 Å². The van der Waals surface area contributed by atoms with E-state index in [1.165, 1.54) is 35.6 Å². The minimum Gasteiger partial charge on any atom is -0.478 e. The predicted molar refractivity (Wildman–Crippen MR) is 145 cm³/mol. The zero-order valence-corrected chi connectivity index (χ0v) is 22.3. The number of anilines is 2. The molecular formula is C29H26F3N5O4. The molecule has 0 saturated heterocycles. The monoisotopic (exact) mass is 565 g/mol. The first-order valence-corrected chi connectivity index (χ1v) is 12.5. The SMILES string of the molecule is Cc1ccc(C(=O)N(c2ccc(Oc3ncc(CNc4ncccn4)cc3C(F)(F)F)cc2C(=O)O)C(C)C)cc1. The zero-order chi connectivity index (χ0) is 29.7. The Morgan fingerprint density at radius 3 is 2.32 bits per heavy atom. The van der Waals surface area contributed by atoms with Crippen LogP contribution in [0.4, 0.5) is 24.8 Å². The molecule has 0 unspecified atom stereocenters. The number of carboxylic acids is 1. The molecule has 12 heteroatoms. The second-order valence-corrected chi connectivity index (χ2v) is 9.34. The standard InChI is InChI=1S/C29H26F3N5O4/c1-17(2)37(26(38)20-7-5-18(3)6-8-20)24-10-9-21(14-22(24)27(39)40)41-25-23(29(30,31)32)13-19(15-35-25)16-36-28-33-11-4-12-34-28/h4-15,17H,16H2,1-3H3,(H,39,40)(H,33,34,36). The van der Waals surface area contributed by atoms with Crippen LogP contribution in [0.25, 0.3) is 0 Å². The van der Waals surface area contributed by atoms with Crippen LogP contribution >= 0.6 is 0 Å². The molecule has 0 spiro atoms. The third kappa shape index (κ3) is 6.96. The number of amides is 1. The molecule has 0 atom stereocenters. The summed E-state index contributed by atoms with van der Waals surface area (Å²) in [6.45, 7) is 5.29. The molecule has 0 aliphatic heterocycles. The van der Waals surface area contributed by atoms with Crippen molar-refractivity contribution in [1.82, 2.24) is 15.0 Å². The number of carbonyl (C=O) groups excluding carboxylic acids is 1. The van der Waals surface area contributed by atoms with Crippen LogP contribution in [0.2, 0.25) is 0 Å². The number of benzene rings is 2. The number of ether oxygens (including phenoxy) is 1. The number of hydrogen-bond donors (Lipinski definition) is 2. The Bertz CT molecular complexity index is 1540. The van der Waals surface area contributed by atoms with Crippen LogP contribution < -0.4 is 15.0 Å². The summed E-state index contributed by atoms with van der Waals surface area (Å²) in [4.78, 5) is 38.6. The fourth-order valence-electron chi connectivity index (χ4n) is 3.98. The number of nitrogens with zero attached hydrogens (tertiary/aromatic N) is 4. The highest BCUT2D eigenvalue weighted by atomic mass is 19.4. The highest BCUT2D eigenvalue weighted by molar-refractivity contribution is 6.09. The number of carbonyl (C=O) groups is 2. The number of alkyl halides is 3. The van der Waals surface area contributed by atoms with Gasteiger partial charge in [-0.25, -0.2) is 19.7 Å². The second kappa shape index (κ2) is 12.0. The first kappa shape index (κ1) is 29.0. The number of aromatic nitrogens is 3. The van der Waals surface area contributed by atoms with Crippen LogP contribution in [-0.2, 0) is 12.7 Å². The summed E-state index contributed by atoms with van der Waals surface area (Å²) >= 11 is 0. The van der Waals surface area contributed by atoms with Gasteiger partial charge < -0.3 is 20.1 Å². The Morgan fingerprint density at radius 1 is 1.02 bits per heavy atom. The van der Waals surface area contributed by atoms with E-state index in [4.69, 9.17) is 4.74 Å². The largest absolute Gasteiger partial charge is 0.478 e. The Kier molecular flexibility index (Phi) is 8.51. The average Bonchev–Trinajstić information content (AvgIpc) is 2.93. The lowest BCUT2D eigenvalue weighted by Gasteiger charge is -2.28. The van der Waals surface area contributed by atoms with E-state index in [9.17, 15) is 27.9 Å². The second-order valence-electron chi connectivity index (χ2n) is 9.34. The van der Waals surface area contributed by atoms with Crippen LogP contribution in [0, 0.1) is 6.92 Å². The number of nitrogens with one attached hydrogen (secondary N) is 1. The van der Waals surface area contributed by atoms with Gasteiger partial charge in [0.2, 0.25) is 11.8 Å². The van der Waals surface area contributed by atoms with Gasteiger partial charge in [0.25, 0.3) is 5.91 Å². The minimum absolute atomic E-state index is 0.0295. The van der Waals surface area contributed by atoms with Gasteiger partial charge in [0, 0.05) is 36.7 Å². The van der Waals surface area contributed by atoms with Crippen molar-refractivity contribution >= 4 is 23.5 Å². The summed E-state index contributed by atoms with van der Waals surface area (Å²) < 4.78 is 47.3. The van der Waals surface area contributed by atoms with Gasteiger partial charge in [-0.05, 0) is 68.8 Å². The molecule has 2 aromatic heterocycles. The molecule has 2 N–H and O–H groups in total. The molecule has 4 aromatic rings. The lowest BCUT2D eigenvalue weighted by molar-refractivity contribution is -0.138. The molecule has 2 aromatic carbocycles. The summed E-state index contributed by atoms with van der Waals surface area (Å²) in [5.74, 6) is -2.53. The molecule has 0 aliphatic rings. The molecule has 1 amide bonds. The van der Waals surface area contributed by atoms with Crippen LogP contribution in [0.1, 0.15) is 51.3 Å². The molecule has 0 fully saturated rings. The fourth-order valence-corrected chi connectivity index (χ4v) is 3.98. The van der Waals surface area contributed by atoms with Gasteiger partial charge in [-0.2, -0.15) is 13.2 Å². The van der Waals surface area contributed by atoms with Crippen molar-refractivity contribution in [3.63, 3.8) is 0 Å². The first-order chi connectivity index (χ1) is 19.4. The third-order valence-electron chi connectivity index (χ3n) is 5.94. The van der Waals surface area contributed by atoms with Gasteiger partial charge >= 0.3 is 12.1 Å². The third-order valence-corrected chi connectivity index (χ3v) is 5.94. The highest BCUT2D eigenvalue weighted by Gasteiger charge is 2.36. The van der Waals surface area contributed by atoms with E-state index in [-0.39, 0.29) is 35.1 Å². The number of hydrogen-bond acceptors (Lipinski definition) is 7. The maximum Gasteiger partial charge on any atom is 0.421 e. The number of carboxylic acid groups (broad SMARTS) is 1. The molecule has 0 saturated carbocycles. The van der Waals surface area contributed by atoms with Crippen LogP contribution in [-0.4, -0.2) is 38.0 Å². The molecule has 9 nitrogen and oxygen atoms in total. The minimum atomic E-state index is -4.81. The average molecular weight is 566 g/mol.